The molecule has 122 valence electrons. The molecular weight excluding hydrogens is 314 g/mol. The van der Waals surface area contributed by atoms with Crippen molar-refractivity contribution < 1.29 is 5.11 Å². The van der Waals surface area contributed by atoms with Crippen LogP contribution in [0.15, 0.2) is 12.3 Å². The molecule has 23 heavy (non-hydrogen) atoms. The Morgan fingerprint density at radius 3 is 2.91 bits per heavy atom. The number of aliphatic hydroxyl groups excluding tert-OH is 1. The Balaban J connectivity index is 1.98. The van der Waals surface area contributed by atoms with E-state index in [-0.39, 0.29) is 18.5 Å². The summed E-state index contributed by atoms with van der Waals surface area (Å²) in [5.41, 5.74) is 9.99. The molecule has 0 radical (unpaired) electrons. The van der Waals surface area contributed by atoms with E-state index in [2.05, 4.69) is 33.7 Å². The van der Waals surface area contributed by atoms with Crippen LogP contribution in [-0.2, 0) is 13.0 Å². The van der Waals surface area contributed by atoms with Crippen molar-refractivity contribution in [3.63, 3.8) is 0 Å². The molecule has 2 aromatic rings. The van der Waals surface area contributed by atoms with Crippen molar-refractivity contribution in [2.45, 2.75) is 32.7 Å². The van der Waals surface area contributed by atoms with Crippen molar-refractivity contribution in [3.05, 3.63) is 39.8 Å². The highest BCUT2D eigenvalue weighted by Gasteiger charge is 2.33. The van der Waals surface area contributed by atoms with Gasteiger partial charge in [0.15, 0.2) is 0 Å². The molecule has 0 aromatic carbocycles. The smallest absolute Gasteiger partial charge is 0.223 e. The molecule has 1 aliphatic rings. The maximum atomic E-state index is 9.64. The van der Waals surface area contributed by atoms with Gasteiger partial charge in [0.1, 0.15) is 11.0 Å². The van der Waals surface area contributed by atoms with Crippen LogP contribution in [0.3, 0.4) is 0 Å². The summed E-state index contributed by atoms with van der Waals surface area (Å²) < 4.78 is 0. The molecule has 3 N–H and O–H groups in total. The van der Waals surface area contributed by atoms with Crippen molar-refractivity contribution in [1.29, 1.82) is 0 Å². The summed E-state index contributed by atoms with van der Waals surface area (Å²) in [7, 11) is 0. The summed E-state index contributed by atoms with van der Waals surface area (Å²) in [6.45, 7) is 5.45. The zero-order chi connectivity index (χ0) is 16.6. The van der Waals surface area contributed by atoms with Gasteiger partial charge in [-0.15, -0.1) is 0 Å². The Hall–Kier alpha value is -1.92. The number of hydrogen-bond acceptors (Lipinski definition) is 6. The molecule has 0 saturated carbocycles. The molecule has 6 nitrogen and oxygen atoms in total. The van der Waals surface area contributed by atoms with Crippen molar-refractivity contribution in [3.8, 4) is 0 Å². The van der Waals surface area contributed by atoms with E-state index in [1.165, 1.54) is 11.1 Å². The van der Waals surface area contributed by atoms with Crippen molar-refractivity contribution in [2.24, 2.45) is 0 Å². The first-order valence-electron chi connectivity index (χ1n) is 7.67. The van der Waals surface area contributed by atoms with Gasteiger partial charge in [-0.2, -0.15) is 4.98 Å². The second-order valence-electron chi connectivity index (χ2n) is 5.77. The molecule has 1 aliphatic heterocycles. The van der Waals surface area contributed by atoms with E-state index in [9.17, 15) is 5.11 Å². The van der Waals surface area contributed by atoms with Crippen LogP contribution in [0.4, 0.5) is 11.8 Å². The second-order valence-corrected chi connectivity index (χ2v) is 6.12. The number of fused-ring (bicyclic) bond motifs is 1. The fourth-order valence-corrected chi connectivity index (χ4v) is 3.44. The van der Waals surface area contributed by atoms with Gasteiger partial charge in [0.25, 0.3) is 0 Å². The van der Waals surface area contributed by atoms with Crippen LogP contribution in [0, 0.1) is 6.92 Å². The highest BCUT2D eigenvalue weighted by atomic mass is 35.5. The lowest BCUT2D eigenvalue weighted by Crippen LogP contribution is -2.24. The number of aryl methyl sites for hydroxylation is 1. The quantitative estimate of drug-likeness (QED) is 0.833. The monoisotopic (exact) mass is 333 g/mol. The van der Waals surface area contributed by atoms with Crippen molar-refractivity contribution >= 4 is 23.4 Å². The van der Waals surface area contributed by atoms with Gasteiger partial charge < -0.3 is 15.7 Å². The van der Waals surface area contributed by atoms with Gasteiger partial charge in [-0.05, 0) is 30.5 Å². The molecule has 2 aromatic heterocycles. The van der Waals surface area contributed by atoms with E-state index in [1.54, 1.807) is 0 Å². The molecule has 3 rings (SSSR count). The summed E-state index contributed by atoms with van der Waals surface area (Å²) in [6, 6.07) is 2.05. The fraction of sp³-hybridized carbons (Fsp3) is 0.438. The lowest BCUT2D eigenvalue weighted by Gasteiger charge is -2.20. The van der Waals surface area contributed by atoms with E-state index in [4.69, 9.17) is 17.3 Å². The normalized spacial score (nSPS) is 16.7. The average molecular weight is 334 g/mol. The Labute approximate surface area is 140 Å². The minimum atomic E-state index is -0.104. The predicted molar refractivity (Wildman–Crippen MR) is 90.7 cm³/mol. The van der Waals surface area contributed by atoms with Gasteiger partial charge in [-0.3, -0.25) is 4.98 Å². The van der Waals surface area contributed by atoms with Gasteiger partial charge in [-0.1, -0.05) is 18.5 Å². The summed E-state index contributed by atoms with van der Waals surface area (Å²) in [6.07, 6.45) is 2.81. The molecule has 3 heterocycles. The Morgan fingerprint density at radius 1 is 1.43 bits per heavy atom. The first-order chi connectivity index (χ1) is 11.0. The van der Waals surface area contributed by atoms with Crippen LogP contribution in [-0.4, -0.2) is 33.2 Å². The largest absolute Gasteiger partial charge is 0.396 e. The lowest BCUT2D eigenvalue weighted by molar-refractivity contribution is 0.270. The lowest BCUT2D eigenvalue weighted by atomic mass is 10.1. The molecule has 7 heteroatoms. The molecule has 0 spiro atoms. The molecule has 0 aliphatic carbocycles. The third kappa shape index (κ3) is 2.84. The number of aromatic nitrogens is 3. The van der Waals surface area contributed by atoms with Gasteiger partial charge >= 0.3 is 0 Å². The van der Waals surface area contributed by atoms with Crippen LogP contribution in [0.5, 0.6) is 0 Å². The van der Waals surface area contributed by atoms with E-state index in [1.807, 2.05) is 12.3 Å². The molecule has 0 fully saturated rings. The number of nitrogens with two attached hydrogens (primary N) is 1. The zero-order valence-electron chi connectivity index (χ0n) is 13.3. The van der Waals surface area contributed by atoms with E-state index >= 15 is 0 Å². The van der Waals surface area contributed by atoms with Crippen molar-refractivity contribution in [1.82, 2.24) is 15.0 Å². The van der Waals surface area contributed by atoms with Crippen LogP contribution in [0.25, 0.3) is 0 Å². The van der Waals surface area contributed by atoms with E-state index in [0.717, 1.165) is 17.7 Å². The van der Waals surface area contributed by atoms with Crippen LogP contribution in [0.2, 0.25) is 5.15 Å². The number of anilines is 2. The molecule has 0 amide bonds. The van der Waals surface area contributed by atoms with Crippen LogP contribution >= 0.6 is 11.6 Å². The summed E-state index contributed by atoms with van der Waals surface area (Å²) in [5, 5.41) is 9.96. The zero-order valence-corrected chi connectivity index (χ0v) is 14.0. The molecule has 1 atom stereocenters. The first-order valence-corrected chi connectivity index (χ1v) is 8.05. The molecule has 0 saturated heterocycles. The summed E-state index contributed by atoms with van der Waals surface area (Å²) >= 11 is 6.21. The highest BCUT2D eigenvalue weighted by Crippen LogP contribution is 2.39. The third-order valence-electron chi connectivity index (χ3n) is 4.41. The number of rotatable bonds is 4. The van der Waals surface area contributed by atoms with E-state index in [0.29, 0.717) is 24.1 Å². The number of hydrogen-bond donors (Lipinski definition) is 2. The summed E-state index contributed by atoms with van der Waals surface area (Å²) in [5.74, 6) is 0.738. The second kappa shape index (κ2) is 6.29. The summed E-state index contributed by atoms with van der Waals surface area (Å²) in [4.78, 5) is 14.9. The minimum Gasteiger partial charge on any atom is -0.396 e. The average Bonchev–Trinajstić information content (AvgIpc) is 2.87. The third-order valence-corrected chi connectivity index (χ3v) is 4.70. The van der Waals surface area contributed by atoms with Gasteiger partial charge in [0, 0.05) is 24.2 Å². The van der Waals surface area contributed by atoms with Crippen LogP contribution in [0.1, 0.15) is 35.2 Å². The van der Waals surface area contributed by atoms with E-state index < -0.39 is 0 Å². The van der Waals surface area contributed by atoms with Gasteiger partial charge in [-0.25, -0.2) is 4.98 Å². The maximum Gasteiger partial charge on any atom is 0.223 e. The molecule has 1 unspecified atom stereocenters. The van der Waals surface area contributed by atoms with Crippen molar-refractivity contribution in [2.75, 3.05) is 23.8 Å². The van der Waals surface area contributed by atoms with Crippen LogP contribution < -0.4 is 10.6 Å². The Bertz CT molecular complexity index is 737. The Morgan fingerprint density at radius 2 is 2.22 bits per heavy atom. The van der Waals surface area contributed by atoms with Gasteiger partial charge in [0.05, 0.1) is 18.8 Å². The minimum absolute atomic E-state index is 0.00207. The number of halogens is 1. The highest BCUT2D eigenvalue weighted by molar-refractivity contribution is 6.30. The molecule has 0 bridgehead atoms. The standard InChI is InChI=1S/C16H20ClN5O/c1-3-10-4-5-19-12(9(10)2)7-22-6-11(8-23)13-14(17)20-16(18)21-15(13)22/h4-5,11,23H,3,6-8H2,1-2H3,(H2,18,20,21). The molecular formula is C16H20ClN5O. The number of nitrogens with zero attached hydrogens (tertiary/aromatic N) is 4. The SMILES string of the molecule is CCc1ccnc(CN2CC(CO)c3c(Cl)nc(N)nc32)c1C. The van der Waals surface area contributed by atoms with Gasteiger partial charge in [0.2, 0.25) is 5.95 Å². The topological polar surface area (TPSA) is 88.2 Å². The fourth-order valence-electron chi connectivity index (χ4n) is 3.12. The number of aliphatic hydroxyl groups is 1. The Kier molecular flexibility index (Phi) is 4.37. The maximum absolute atomic E-state index is 9.64. The number of nitrogen functional groups attached to an aromatic ring is 1. The first kappa shape index (κ1) is 16.0. The predicted octanol–water partition coefficient (Wildman–Crippen LogP) is 2.07. The number of pyridine rings is 1.